The lowest BCUT2D eigenvalue weighted by atomic mass is 10.2. The minimum Gasteiger partial charge on any atom is -0.478 e. The topological polar surface area (TPSA) is 104 Å². The van der Waals surface area contributed by atoms with Crippen LogP contribution in [0.4, 0.5) is 5.69 Å². The van der Waals surface area contributed by atoms with Crippen LogP contribution < -0.4 is 11.0 Å². The number of amides is 1. The van der Waals surface area contributed by atoms with E-state index in [1.54, 1.807) is 30.5 Å². The zero-order valence-electron chi connectivity index (χ0n) is 10.2. The van der Waals surface area contributed by atoms with E-state index in [0.29, 0.717) is 11.4 Å². The summed E-state index contributed by atoms with van der Waals surface area (Å²) in [6.07, 6.45) is 4.79. The Balaban J connectivity index is 2.09. The van der Waals surface area contributed by atoms with Gasteiger partial charge in [0.25, 0.3) is 0 Å². The summed E-state index contributed by atoms with van der Waals surface area (Å²) in [5, 5.41) is 10.9. The van der Waals surface area contributed by atoms with E-state index in [1.165, 1.54) is 10.8 Å². The minimum atomic E-state index is -1.19. The highest BCUT2D eigenvalue weighted by Gasteiger charge is 2.02. The molecule has 0 fully saturated rings. The van der Waals surface area contributed by atoms with Gasteiger partial charge >= 0.3 is 11.7 Å². The summed E-state index contributed by atoms with van der Waals surface area (Å²) in [6, 6.07) is 6.54. The van der Waals surface area contributed by atoms with Gasteiger partial charge in [-0.1, -0.05) is 0 Å². The molecule has 0 saturated carbocycles. The highest BCUT2D eigenvalue weighted by molar-refractivity contribution is 6.02. The fourth-order valence-corrected chi connectivity index (χ4v) is 1.56. The lowest BCUT2D eigenvalue weighted by Gasteiger charge is -2.04. The summed E-state index contributed by atoms with van der Waals surface area (Å²) < 4.78 is 1.41. The Bertz CT molecular complexity index is 710. The number of carboxylic acids is 1. The van der Waals surface area contributed by atoms with Crippen LogP contribution in [0.2, 0.25) is 0 Å². The summed E-state index contributed by atoms with van der Waals surface area (Å²) in [5.41, 5.74) is 0.888. The van der Waals surface area contributed by atoms with Crippen molar-refractivity contribution in [3.8, 4) is 5.69 Å². The molecule has 0 spiro atoms. The maximum atomic E-state index is 11.4. The predicted molar refractivity (Wildman–Crippen MR) is 71.8 cm³/mol. The number of aliphatic carboxylic acids is 1. The van der Waals surface area contributed by atoms with Crippen molar-refractivity contribution < 1.29 is 14.7 Å². The normalized spacial score (nSPS) is 10.6. The van der Waals surface area contributed by atoms with E-state index in [0.717, 1.165) is 12.2 Å². The number of H-pyrrole nitrogens is 1. The molecule has 0 unspecified atom stereocenters. The fraction of sp³-hybridized carbons (Fsp3) is 0. The summed E-state index contributed by atoms with van der Waals surface area (Å²) in [5.74, 6) is -1.73. The van der Waals surface area contributed by atoms with Crippen molar-refractivity contribution in [1.82, 2.24) is 9.55 Å². The van der Waals surface area contributed by atoms with E-state index in [4.69, 9.17) is 5.11 Å². The van der Waals surface area contributed by atoms with Gasteiger partial charge in [0.15, 0.2) is 0 Å². The van der Waals surface area contributed by atoms with Gasteiger partial charge in [0.1, 0.15) is 0 Å². The Morgan fingerprint density at radius 3 is 2.45 bits per heavy atom. The quantitative estimate of drug-likeness (QED) is 0.715. The first-order valence-electron chi connectivity index (χ1n) is 5.65. The lowest BCUT2D eigenvalue weighted by molar-refractivity contribution is -0.131. The third-order valence-corrected chi connectivity index (χ3v) is 2.44. The third-order valence-electron chi connectivity index (χ3n) is 2.44. The molecule has 1 amide bonds. The van der Waals surface area contributed by atoms with Crippen LogP contribution in [0.3, 0.4) is 0 Å². The molecular formula is C13H11N3O4. The molecule has 1 aromatic heterocycles. The van der Waals surface area contributed by atoms with Gasteiger partial charge < -0.3 is 15.4 Å². The molecule has 20 heavy (non-hydrogen) atoms. The van der Waals surface area contributed by atoms with Crippen molar-refractivity contribution in [1.29, 1.82) is 0 Å². The second-order valence-corrected chi connectivity index (χ2v) is 3.84. The van der Waals surface area contributed by atoms with Gasteiger partial charge in [0.05, 0.1) is 5.69 Å². The van der Waals surface area contributed by atoms with Crippen molar-refractivity contribution in [3.05, 3.63) is 59.3 Å². The number of aromatic amines is 1. The Kier molecular flexibility index (Phi) is 3.80. The van der Waals surface area contributed by atoms with Crippen molar-refractivity contribution >= 4 is 17.6 Å². The van der Waals surface area contributed by atoms with E-state index in [1.807, 2.05) is 0 Å². The number of hydrogen-bond donors (Lipinski definition) is 3. The molecule has 7 nitrogen and oxygen atoms in total. The average molecular weight is 273 g/mol. The molecule has 0 radical (unpaired) electrons. The number of rotatable bonds is 4. The lowest BCUT2D eigenvalue weighted by Crippen LogP contribution is -2.14. The number of aromatic nitrogens is 2. The number of hydrogen-bond acceptors (Lipinski definition) is 3. The maximum Gasteiger partial charge on any atom is 0.330 e. The average Bonchev–Trinajstić information content (AvgIpc) is 2.84. The van der Waals surface area contributed by atoms with Gasteiger partial charge in [-0.25, -0.2) is 9.59 Å². The van der Waals surface area contributed by atoms with Gasteiger partial charge in [-0.05, 0) is 24.3 Å². The van der Waals surface area contributed by atoms with E-state index < -0.39 is 11.9 Å². The molecule has 1 aromatic carbocycles. The number of nitrogens with zero attached hydrogens (tertiary/aromatic N) is 1. The van der Waals surface area contributed by atoms with Crippen molar-refractivity contribution in [2.24, 2.45) is 0 Å². The van der Waals surface area contributed by atoms with Crippen LogP contribution in [0.1, 0.15) is 0 Å². The molecule has 102 valence electrons. The first kappa shape index (κ1) is 13.3. The van der Waals surface area contributed by atoms with Crippen LogP contribution in [0.15, 0.2) is 53.6 Å². The standard InChI is InChI=1S/C13H11N3O4/c17-11(5-6-12(18)19)15-9-1-3-10(4-2-9)16-8-7-14-13(16)20/h1-8H,(H,14,20)(H,15,17)(H,18,19)/b6-5+. The van der Waals surface area contributed by atoms with E-state index >= 15 is 0 Å². The second-order valence-electron chi connectivity index (χ2n) is 3.84. The van der Waals surface area contributed by atoms with Crippen molar-refractivity contribution in [3.63, 3.8) is 0 Å². The van der Waals surface area contributed by atoms with Crippen LogP contribution in [-0.2, 0) is 9.59 Å². The predicted octanol–water partition coefficient (Wildman–Crippen LogP) is 0.745. The molecule has 7 heteroatoms. The third kappa shape index (κ3) is 3.22. The molecule has 0 aliphatic carbocycles. The maximum absolute atomic E-state index is 11.4. The van der Waals surface area contributed by atoms with Gasteiger partial charge in [0, 0.05) is 30.2 Å². The van der Waals surface area contributed by atoms with Gasteiger partial charge in [-0.2, -0.15) is 0 Å². The molecule has 0 aliphatic heterocycles. The highest BCUT2D eigenvalue weighted by atomic mass is 16.4. The molecule has 0 aliphatic rings. The molecule has 2 aromatic rings. The molecule has 0 bridgehead atoms. The van der Waals surface area contributed by atoms with Crippen LogP contribution in [0.25, 0.3) is 5.69 Å². The molecule has 2 rings (SSSR count). The fourth-order valence-electron chi connectivity index (χ4n) is 1.56. The highest BCUT2D eigenvalue weighted by Crippen LogP contribution is 2.11. The Labute approximate surface area is 113 Å². The van der Waals surface area contributed by atoms with Crippen LogP contribution in [0.5, 0.6) is 0 Å². The van der Waals surface area contributed by atoms with E-state index in [2.05, 4.69) is 10.3 Å². The first-order chi connectivity index (χ1) is 9.56. The van der Waals surface area contributed by atoms with E-state index in [9.17, 15) is 14.4 Å². The number of carboxylic acid groups (broad SMARTS) is 1. The zero-order valence-corrected chi connectivity index (χ0v) is 10.2. The molecule has 0 saturated heterocycles. The second kappa shape index (κ2) is 5.70. The number of carbonyl (C=O) groups is 2. The Hall–Kier alpha value is -3.09. The summed E-state index contributed by atoms with van der Waals surface area (Å²) in [4.78, 5) is 35.5. The molecule has 3 N–H and O–H groups in total. The molecule has 1 heterocycles. The summed E-state index contributed by atoms with van der Waals surface area (Å²) >= 11 is 0. The Morgan fingerprint density at radius 2 is 1.90 bits per heavy atom. The number of nitrogens with one attached hydrogen (secondary N) is 2. The van der Waals surface area contributed by atoms with Gasteiger partial charge in [0.2, 0.25) is 5.91 Å². The van der Waals surface area contributed by atoms with Gasteiger partial charge in [-0.3, -0.25) is 9.36 Å². The SMILES string of the molecule is O=C(O)/C=C/C(=O)Nc1ccc(-n2cc[nH]c2=O)cc1. The van der Waals surface area contributed by atoms with Crippen molar-refractivity contribution in [2.75, 3.05) is 5.32 Å². The molecule has 0 atom stereocenters. The van der Waals surface area contributed by atoms with Crippen LogP contribution >= 0.6 is 0 Å². The smallest absolute Gasteiger partial charge is 0.330 e. The summed E-state index contributed by atoms with van der Waals surface area (Å²) in [7, 11) is 0. The van der Waals surface area contributed by atoms with Crippen LogP contribution in [-0.4, -0.2) is 26.5 Å². The summed E-state index contributed by atoms with van der Waals surface area (Å²) in [6.45, 7) is 0. The zero-order chi connectivity index (χ0) is 14.5. The monoisotopic (exact) mass is 273 g/mol. The number of benzene rings is 1. The van der Waals surface area contributed by atoms with Gasteiger partial charge in [-0.15, -0.1) is 0 Å². The number of imidazole rings is 1. The Morgan fingerprint density at radius 1 is 1.20 bits per heavy atom. The number of carbonyl (C=O) groups excluding carboxylic acids is 1. The van der Waals surface area contributed by atoms with Crippen molar-refractivity contribution in [2.45, 2.75) is 0 Å². The van der Waals surface area contributed by atoms with E-state index in [-0.39, 0.29) is 5.69 Å². The minimum absolute atomic E-state index is 0.258. The van der Waals surface area contributed by atoms with Crippen LogP contribution in [0, 0.1) is 0 Å². The largest absolute Gasteiger partial charge is 0.478 e. The first-order valence-corrected chi connectivity index (χ1v) is 5.65. The number of anilines is 1. The molecular weight excluding hydrogens is 262 g/mol.